The van der Waals surface area contributed by atoms with Crippen LogP contribution in [-0.4, -0.2) is 92.2 Å². The molecule has 0 amide bonds. The van der Waals surface area contributed by atoms with Crippen LogP contribution >= 0.6 is 0 Å². The quantitative estimate of drug-likeness (QED) is 0.431. The van der Waals surface area contributed by atoms with E-state index < -0.39 is 6.23 Å². The minimum atomic E-state index is -1.10. The van der Waals surface area contributed by atoms with Crippen molar-refractivity contribution in [1.82, 2.24) is 9.97 Å². The number of anilines is 1. The zero-order chi connectivity index (χ0) is 22.8. The van der Waals surface area contributed by atoms with Gasteiger partial charge in [-0.1, -0.05) is 0 Å². The molecule has 3 aliphatic heterocycles. The summed E-state index contributed by atoms with van der Waals surface area (Å²) in [6, 6.07) is 3.62. The first-order valence-corrected chi connectivity index (χ1v) is 11.6. The van der Waals surface area contributed by atoms with Gasteiger partial charge in [-0.3, -0.25) is 4.98 Å². The van der Waals surface area contributed by atoms with Gasteiger partial charge >= 0.3 is 0 Å². The Morgan fingerprint density at radius 2 is 1.82 bits per heavy atom. The van der Waals surface area contributed by atoms with E-state index in [1.807, 2.05) is 12.3 Å². The molecule has 0 spiro atoms. The largest absolute Gasteiger partial charge is 0.376 e. The maximum Gasteiger partial charge on any atom is 0.145 e. The second-order valence-electron chi connectivity index (χ2n) is 8.75. The highest BCUT2D eigenvalue weighted by molar-refractivity contribution is 5.89. The van der Waals surface area contributed by atoms with Crippen molar-refractivity contribution in [2.75, 3.05) is 51.5 Å². The Morgan fingerprint density at radius 1 is 1.09 bits per heavy atom. The van der Waals surface area contributed by atoms with E-state index in [9.17, 15) is 5.11 Å². The lowest BCUT2D eigenvalue weighted by atomic mass is 10.1. The highest BCUT2D eigenvalue weighted by Crippen LogP contribution is 2.31. The summed E-state index contributed by atoms with van der Waals surface area (Å²) in [5.74, 6) is 0. The molecule has 0 aromatic carbocycles. The second-order valence-corrected chi connectivity index (χ2v) is 8.75. The summed E-state index contributed by atoms with van der Waals surface area (Å²) in [6.45, 7) is 3.83. The van der Waals surface area contributed by atoms with Crippen molar-refractivity contribution >= 4 is 16.6 Å². The van der Waals surface area contributed by atoms with Crippen LogP contribution in [0.1, 0.15) is 24.8 Å². The average Bonchev–Trinajstić information content (AvgIpc) is 3.44. The summed E-state index contributed by atoms with van der Waals surface area (Å²) in [5.41, 5.74) is 7.82. The van der Waals surface area contributed by atoms with Crippen LogP contribution in [0.2, 0.25) is 0 Å². The van der Waals surface area contributed by atoms with Crippen molar-refractivity contribution in [3.63, 3.8) is 0 Å². The first-order chi connectivity index (χ1) is 16.1. The number of aliphatic hydroxyl groups excluding tert-OH is 1. The lowest BCUT2D eigenvalue weighted by Gasteiger charge is -2.33. The third-order valence-electron chi connectivity index (χ3n) is 6.72. The maximum absolute atomic E-state index is 9.70. The average molecular weight is 461 g/mol. The predicted molar refractivity (Wildman–Crippen MR) is 120 cm³/mol. The van der Waals surface area contributed by atoms with Gasteiger partial charge in [0.1, 0.15) is 30.6 Å². The first-order valence-electron chi connectivity index (χ1n) is 11.6. The fourth-order valence-corrected chi connectivity index (χ4v) is 4.89. The number of hydrogen-bond acceptors (Lipinski definition) is 10. The number of aliphatic hydroxyl groups is 1. The van der Waals surface area contributed by atoms with E-state index in [1.54, 1.807) is 19.4 Å². The van der Waals surface area contributed by atoms with Gasteiger partial charge in [-0.25, -0.2) is 4.98 Å². The van der Waals surface area contributed by atoms with E-state index in [0.717, 1.165) is 42.5 Å². The van der Waals surface area contributed by atoms with E-state index in [0.29, 0.717) is 32.1 Å². The van der Waals surface area contributed by atoms with Gasteiger partial charge in [0.2, 0.25) is 0 Å². The fraction of sp³-hybridized carbons (Fsp3) is 0.652. The van der Waals surface area contributed by atoms with Crippen molar-refractivity contribution in [3.05, 3.63) is 30.2 Å². The number of fused-ring (bicyclic) bond motifs is 2. The molecule has 3 unspecified atom stereocenters. The number of pyridine rings is 2. The van der Waals surface area contributed by atoms with E-state index in [2.05, 4.69) is 14.9 Å². The van der Waals surface area contributed by atoms with Crippen LogP contribution in [0, 0.1) is 0 Å². The Hall–Kier alpha value is -1.92. The summed E-state index contributed by atoms with van der Waals surface area (Å²) < 4.78 is 29.0. The van der Waals surface area contributed by atoms with Gasteiger partial charge in [-0.2, -0.15) is 0 Å². The molecule has 2 aromatic rings. The van der Waals surface area contributed by atoms with Crippen LogP contribution in [0.25, 0.3) is 10.9 Å². The highest BCUT2D eigenvalue weighted by Gasteiger charge is 2.48. The van der Waals surface area contributed by atoms with Crippen LogP contribution in [0.3, 0.4) is 0 Å². The minimum absolute atomic E-state index is 0.0101. The molecule has 0 saturated carbocycles. The zero-order valence-corrected chi connectivity index (χ0v) is 18.8. The molecule has 3 N–H and O–H groups in total. The number of rotatable bonds is 8. The van der Waals surface area contributed by atoms with Gasteiger partial charge in [-0.05, 0) is 25.0 Å². The van der Waals surface area contributed by atoms with Crippen LogP contribution in [0.15, 0.2) is 24.5 Å². The topological polar surface area (TPSA) is 121 Å². The normalized spacial score (nSPS) is 29.0. The zero-order valence-electron chi connectivity index (χ0n) is 18.8. The molecule has 3 aliphatic rings. The smallest absolute Gasteiger partial charge is 0.145 e. The molecule has 5 rings (SSSR count). The summed E-state index contributed by atoms with van der Waals surface area (Å²) in [4.78, 5) is 11.2. The van der Waals surface area contributed by atoms with Gasteiger partial charge in [0.25, 0.3) is 0 Å². The number of methoxy groups -OCH3 is 1. The predicted octanol–water partition coefficient (Wildman–Crippen LogP) is 0.763. The van der Waals surface area contributed by atoms with E-state index >= 15 is 0 Å². The third-order valence-corrected chi connectivity index (χ3v) is 6.72. The van der Waals surface area contributed by atoms with E-state index in [-0.39, 0.29) is 30.5 Å². The molecule has 10 nitrogen and oxygen atoms in total. The highest BCUT2D eigenvalue weighted by atomic mass is 16.6. The Balaban J connectivity index is 1.09. The van der Waals surface area contributed by atoms with Crippen molar-refractivity contribution in [2.45, 2.75) is 49.6 Å². The van der Waals surface area contributed by atoms with Crippen molar-refractivity contribution < 1.29 is 28.8 Å². The molecule has 3 saturated heterocycles. The van der Waals surface area contributed by atoms with Crippen molar-refractivity contribution in [3.8, 4) is 0 Å². The van der Waals surface area contributed by atoms with E-state index in [4.69, 9.17) is 29.4 Å². The number of piperidine rings is 1. The molecule has 0 bridgehead atoms. The third kappa shape index (κ3) is 4.83. The molecule has 2 aromatic heterocycles. The molecule has 3 fully saturated rings. The Morgan fingerprint density at radius 3 is 2.58 bits per heavy atom. The van der Waals surface area contributed by atoms with Crippen molar-refractivity contribution in [1.29, 1.82) is 0 Å². The lowest BCUT2D eigenvalue weighted by molar-refractivity contribution is -0.0670. The molecule has 0 radical (unpaired) electrons. The lowest BCUT2D eigenvalue weighted by Crippen LogP contribution is -2.38. The minimum Gasteiger partial charge on any atom is -0.376 e. The van der Waals surface area contributed by atoms with Crippen LogP contribution in [0.4, 0.5) is 5.69 Å². The van der Waals surface area contributed by atoms with Crippen LogP contribution < -0.4 is 10.6 Å². The van der Waals surface area contributed by atoms with Crippen molar-refractivity contribution in [2.24, 2.45) is 5.73 Å². The molecule has 180 valence electrons. The second kappa shape index (κ2) is 10.1. The Labute approximate surface area is 192 Å². The first kappa shape index (κ1) is 22.9. The van der Waals surface area contributed by atoms with Gasteiger partial charge in [0, 0.05) is 31.8 Å². The standard InChI is InChI=1S/C23H32N4O6/c1-29-18-12-32-22-19(13-33-21(18)22)31-9-8-30-15-4-6-27(7-5-15)17-11-25-10-14-2-3-16(23(24)28)26-20(14)17/h2-3,10-11,15,18-19,21-23,28H,4-9,12-13,24H2,1H3/t18-,19-,21?,22?,23?/m1/s1. The summed E-state index contributed by atoms with van der Waals surface area (Å²) >= 11 is 0. The van der Waals surface area contributed by atoms with Gasteiger partial charge in [-0.15, -0.1) is 0 Å². The molecule has 33 heavy (non-hydrogen) atoms. The molecule has 0 aliphatic carbocycles. The number of ether oxygens (including phenoxy) is 5. The van der Waals surface area contributed by atoms with Gasteiger partial charge < -0.3 is 39.4 Å². The SMILES string of the molecule is CO[C@@H]1COC2C1OC[C@H]2OCCOC1CCN(c2cncc3ccc(C(N)O)nc23)CC1. The Bertz CT molecular complexity index is 938. The summed E-state index contributed by atoms with van der Waals surface area (Å²) in [7, 11) is 1.68. The summed E-state index contributed by atoms with van der Waals surface area (Å²) in [5, 5.41) is 10.6. The molecule has 10 heteroatoms. The molecular formula is C23H32N4O6. The number of nitrogens with zero attached hydrogens (tertiary/aromatic N) is 3. The number of aromatic nitrogens is 2. The maximum atomic E-state index is 9.70. The van der Waals surface area contributed by atoms with Gasteiger partial charge in [0.15, 0.2) is 0 Å². The van der Waals surface area contributed by atoms with Crippen LogP contribution in [-0.2, 0) is 23.7 Å². The Kier molecular flexibility index (Phi) is 7.02. The molecular weight excluding hydrogens is 428 g/mol. The van der Waals surface area contributed by atoms with E-state index in [1.165, 1.54) is 0 Å². The fourth-order valence-electron chi connectivity index (χ4n) is 4.89. The summed E-state index contributed by atoms with van der Waals surface area (Å²) in [6.07, 6.45) is 4.35. The number of hydrogen-bond donors (Lipinski definition) is 2. The molecule has 5 heterocycles. The van der Waals surface area contributed by atoms with Crippen LogP contribution in [0.5, 0.6) is 0 Å². The molecule has 5 atom stereocenters. The van der Waals surface area contributed by atoms with Gasteiger partial charge in [0.05, 0.1) is 55.6 Å². The number of nitrogens with two attached hydrogens (primary N) is 1. The monoisotopic (exact) mass is 460 g/mol.